The Bertz CT molecular complexity index is 194. The number of ether oxygens (including phenoxy) is 1. The molecule has 0 aromatic rings. The molecule has 0 spiro atoms. The fourth-order valence-electron chi connectivity index (χ4n) is 0.288. The summed E-state index contributed by atoms with van der Waals surface area (Å²) < 4.78 is 2.68. The highest BCUT2D eigenvalue weighted by Crippen LogP contribution is 2.43. The Labute approximate surface area is 90.4 Å². The summed E-state index contributed by atoms with van der Waals surface area (Å²) in [5, 5.41) is -1.69. The average molecular weight is 252 g/mol. The van der Waals surface area contributed by atoms with Gasteiger partial charge in [-0.3, -0.25) is 0 Å². The SMILES string of the molecule is C=CC(=O)OC(C)(Cl)C(Cl)(Cl)Cl. The van der Waals surface area contributed by atoms with Crippen LogP contribution in [0, 0.1) is 0 Å². The summed E-state index contributed by atoms with van der Waals surface area (Å²) >= 11 is 21.8. The molecular formula is C6H6Cl4O2. The second-order valence-electron chi connectivity index (χ2n) is 2.04. The first-order chi connectivity index (χ1) is 5.20. The largest absolute Gasteiger partial charge is 0.436 e. The molecule has 1 atom stereocenters. The van der Waals surface area contributed by atoms with Gasteiger partial charge in [0.2, 0.25) is 8.85 Å². The molecule has 1 unspecified atom stereocenters. The average Bonchev–Trinajstić information content (AvgIpc) is 1.84. The third-order valence-electron chi connectivity index (χ3n) is 0.965. The molecule has 2 nitrogen and oxygen atoms in total. The Morgan fingerprint density at radius 2 is 1.83 bits per heavy atom. The normalized spacial score (nSPS) is 16.4. The van der Waals surface area contributed by atoms with Crippen molar-refractivity contribution < 1.29 is 9.53 Å². The van der Waals surface area contributed by atoms with Gasteiger partial charge in [0.15, 0.2) is 0 Å². The number of hydrogen-bond acceptors (Lipinski definition) is 2. The Hall–Kier alpha value is 0.370. The number of halogens is 4. The fraction of sp³-hybridized carbons (Fsp3) is 0.500. The highest BCUT2D eigenvalue weighted by molar-refractivity contribution is 6.70. The molecule has 0 aromatic carbocycles. The number of esters is 1. The van der Waals surface area contributed by atoms with Gasteiger partial charge in [0.25, 0.3) is 0 Å². The molecule has 0 bridgehead atoms. The smallest absolute Gasteiger partial charge is 0.332 e. The van der Waals surface area contributed by atoms with Crippen molar-refractivity contribution in [1.29, 1.82) is 0 Å². The monoisotopic (exact) mass is 250 g/mol. The molecule has 0 N–H and O–H groups in total. The van der Waals surface area contributed by atoms with Gasteiger partial charge < -0.3 is 4.74 Å². The molecule has 0 rings (SSSR count). The third kappa shape index (κ3) is 3.40. The van der Waals surface area contributed by atoms with Gasteiger partial charge in [-0.25, -0.2) is 4.79 Å². The molecule has 0 amide bonds. The van der Waals surface area contributed by atoms with Crippen LogP contribution >= 0.6 is 46.4 Å². The van der Waals surface area contributed by atoms with E-state index in [1.54, 1.807) is 0 Å². The second kappa shape index (κ2) is 4.05. The predicted molar refractivity (Wildman–Crippen MR) is 50.8 cm³/mol. The summed E-state index contributed by atoms with van der Waals surface area (Å²) in [6, 6.07) is 0. The Morgan fingerprint density at radius 3 is 2.08 bits per heavy atom. The van der Waals surface area contributed by atoms with Gasteiger partial charge in [0.1, 0.15) is 0 Å². The van der Waals surface area contributed by atoms with Crippen molar-refractivity contribution in [2.24, 2.45) is 0 Å². The van der Waals surface area contributed by atoms with Crippen molar-refractivity contribution in [2.45, 2.75) is 15.8 Å². The van der Waals surface area contributed by atoms with Crippen LogP contribution in [-0.2, 0) is 9.53 Å². The molecule has 70 valence electrons. The Kier molecular flexibility index (Phi) is 4.18. The molecule has 0 fully saturated rings. The maximum absolute atomic E-state index is 10.7. The lowest BCUT2D eigenvalue weighted by Gasteiger charge is -2.28. The summed E-state index contributed by atoms with van der Waals surface area (Å²) in [5.74, 6) is -0.751. The van der Waals surface area contributed by atoms with E-state index in [9.17, 15) is 4.79 Å². The summed E-state index contributed by atoms with van der Waals surface area (Å²) in [6.07, 6.45) is 0.928. The molecule has 0 saturated heterocycles. The standard InChI is InChI=1S/C6H6Cl4O2/c1-3-4(11)12-5(2,7)6(8,9)10/h3H,1H2,2H3. The highest BCUT2D eigenvalue weighted by atomic mass is 35.6. The molecule has 0 aliphatic carbocycles. The minimum absolute atomic E-state index is 0.751. The van der Waals surface area contributed by atoms with E-state index in [1.807, 2.05) is 0 Å². The van der Waals surface area contributed by atoms with Crippen molar-refractivity contribution in [3.8, 4) is 0 Å². The van der Waals surface area contributed by atoms with Crippen LogP contribution in [0.5, 0.6) is 0 Å². The Morgan fingerprint density at radius 1 is 1.42 bits per heavy atom. The lowest BCUT2D eigenvalue weighted by Crippen LogP contribution is -2.38. The lowest BCUT2D eigenvalue weighted by molar-refractivity contribution is -0.144. The topological polar surface area (TPSA) is 26.3 Å². The summed E-state index contributed by atoms with van der Waals surface area (Å²) in [5.41, 5.74) is 0. The van der Waals surface area contributed by atoms with Gasteiger partial charge in [-0.15, -0.1) is 0 Å². The van der Waals surface area contributed by atoms with Gasteiger partial charge in [0, 0.05) is 6.08 Å². The van der Waals surface area contributed by atoms with Crippen LogP contribution in [0.4, 0.5) is 0 Å². The van der Waals surface area contributed by atoms with E-state index in [4.69, 9.17) is 46.4 Å². The van der Waals surface area contributed by atoms with Crippen molar-refractivity contribution in [3.05, 3.63) is 12.7 Å². The van der Waals surface area contributed by atoms with Crippen molar-refractivity contribution in [3.63, 3.8) is 0 Å². The quantitative estimate of drug-likeness (QED) is 0.429. The van der Waals surface area contributed by atoms with Gasteiger partial charge in [-0.1, -0.05) is 53.0 Å². The number of rotatable bonds is 2. The third-order valence-corrected chi connectivity index (χ3v) is 2.70. The van der Waals surface area contributed by atoms with E-state index in [1.165, 1.54) is 6.92 Å². The van der Waals surface area contributed by atoms with Crippen LogP contribution in [-0.4, -0.2) is 14.8 Å². The number of carbonyl (C=O) groups is 1. The predicted octanol–water partition coefficient (Wildman–Crippen LogP) is 3.04. The second-order valence-corrected chi connectivity index (χ2v) is 5.04. The lowest BCUT2D eigenvalue weighted by atomic mass is 10.4. The summed E-state index contributed by atoms with van der Waals surface area (Å²) in [7, 11) is 0. The molecule has 0 aliphatic rings. The minimum atomic E-state index is -1.88. The van der Waals surface area contributed by atoms with Crippen LogP contribution in [0.3, 0.4) is 0 Å². The number of hydrogen-bond donors (Lipinski definition) is 0. The molecule has 0 saturated carbocycles. The first-order valence-corrected chi connectivity index (χ1v) is 4.33. The maximum Gasteiger partial charge on any atom is 0.332 e. The molecule has 0 radical (unpaired) electrons. The van der Waals surface area contributed by atoms with Gasteiger partial charge >= 0.3 is 5.97 Å². The number of alkyl halides is 4. The van der Waals surface area contributed by atoms with Crippen LogP contribution in [0.25, 0.3) is 0 Å². The van der Waals surface area contributed by atoms with E-state index in [-0.39, 0.29) is 0 Å². The van der Waals surface area contributed by atoms with Crippen LogP contribution < -0.4 is 0 Å². The summed E-state index contributed by atoms with van der Waals surface area (Å²) in [4.78, 5) is 10.7. The highest BCUT2D eigenvalue weighted by Gasteiger charge is 2.46. The van der Waals surface area contributed by atoms with E-state index in [0.29, 0.717) is 0 Å². The van der Waals surface area contributed by atoms with Crippen LogP contribution in [0.2, 0.25) is 0 Å². The minimum Gasteiger partial charge on any atom is -0.436 e. The summed E-state index contributed by atoms with van der Waals surface area (Å²) in [6.45, 7) is 4.43. The van der Waals surface area contributed by atoms with Crippen LogP contribution in [0.1, 0.15) is 6.92 Å². The van der Waals surface area contributed by atoms with Crippen LogP contribution in [0.15, 0.2) is 12.7 Å². The zero-order valence-electron chi connectivity index (χ0n) is 6.11. The van der Waals surface area contributed by atoms with Crippen molar-refractivity contribution >= 4 is 52.4 Å². The first-order valence-electron chi connectivity index (χ1n) is 2.82. The molecule has 0 aliphatic heterocycles. The van der Waals surface area contributed by atoms with Gasteiger partial charge in [-0.2, -0.15) is 0 Å². The molecule has 0 heterocycles. The van der Waals surface area contributed by atoms with E-state index < -0.39 is 14.8 Å². The zero-order chi connectivity index (χ0) is 9.99. The molecular weight excluding hydrogens is 246 g/mol. The molecule has 6 heteroatoms. The van der Waals surface area contributed by atoms with Crippen molar-refractivity contribution in [2.75, 3.05) is 0 Å². The first kappa shape index (κ1) is 12.4. The zero-order valence-corrected chi connectivity index (χ0v) is 9.14. The van der Waals surface area contributed by atoms with Crippen molar-refractivity contribution in [1.82, 2.24) is 0 Å². The van der Waals surface area contributed by atoms with E-state index in [2.05, 4.69) is 11.3 Å². The van der Waals surface area contributed by atoms with Gasteiger partial charge in [0.05, 0.1) is 0 Å². The van der Waals surface area contributed by atoms with Gasteiger partial charge in [-0.05, 0) is 6.92 Å². The molecule has 0 aromatic heterocycles. The maximum atomic E-state index is 10.7. The fourth-order valence-corrected chi connectivity index (χ4v) is 0.480. The van der Waals surface area contributed by atoms with E-state index >= 15 is 0 Å². The molecule has 12 heavy (non-hydrogen) atoms. The Balaban J connectivity index is 4.43. The number of carbonyl (C=O) groups excluding carboxylic acids is 1. The van der Waals surface area contributed by atoms with E-state index in [0.717, 1.165) is 6.08 Å².